The molecule has 9 aromatic carbocycles. The SMILES string of the molecule is c1ccc(-c2nc3ccccc3c3c2cc(-c2ccccc2N2c4ccccc4C4(c5ccccc5-c5ccccc54)c4ccccc42)c2sc4ccccc4c23)cc1. The quantitative estimate of drug-likeness (QED) is 0.167. The first-order valence-electron chi connectivity index (χ1n) is 20.3. The minimum atomic E-state index is -0.467. The summed E-state index contributed by atoms with van der Waals surface area (Å²) in [5, 5.41) is 6.17. The van der Waals surface area contributed by atoms with Crippen molar-refractivity contribution in [2.45, 2.75) is 5.41 Å². The molecule has 2 nitrogen and oxygen atoms in total. The topological polar surface area (TPSA) is 16.1 Å². The first kappa shape index (κ1) is 32.7. The van der Waals surface area contributed by atoms with Crippen molar-refractivity contribution in [3.63, 3.8) is 0 Å². The van der Waals surface area contributed by atoms with E-state index in [-0.39, 0.29) is 0 Å². The van der Waals surface area contributed by atoms with Crippen LogP contribution in [0.25, 0.3) is 75.4 Å². The molecule has 0 amide bonds. The number of anilines is 3. The number of fused-ring (bicyclic) bond motifs is 16. The van der Waals surface area contributed by atoms with Gasteiger partial charge in [-0.3, -0.25) is 0 Å². The van der Waals surface area contributed by atoms with Crippen molar-refractivity contribution in [2.75, 3.05) is 4.90 Å². The summed E-state index contributed by atoms with van der Waals surface area (Å²) in [5.41, 5.74) is 16.5. The summed E-state index contributed by atoms with van der Waals surface area (Å²) in [6, 6.07) is 76.0. The molecule has 3 heteroatoms. The third kappa shape index (κ3) is 4.37. The second kappa shape index (κ2) is 12.3. The number of thiophene rings is 1. The molecule has 0 atom stereocenters. The fourth-order valence-electron chi connectivity index (χ4n) is 10.6. The summed E-state index contributed by atoms with van der Waals surface area (Å²) in [5.74, 6) is 0. The first-order valence-corrected chi connectivity index (χ1v) is 21.1. The minimum absolute atomic E-state index is 0.467. The Morgan fingerprint density at radius 2 is 0.915 bits per heavy atom. The molecule has 13 rings (SSSR count). The predicted molar refractivity (Wildman–Crippen MR) is 249 cm³/mol. The van der Waals surface area contributed by atoms with E-state index >= 15 is 0 Å². The van der Waals surface area contributed by atoms with Crippen molar-refractivity contribution in [2.24, 2.45) is 0 Å². The van der Waals surface area contributed by atoms with Crippen LogP contribution in [0.5, 0.6) is 0 Å². The van der Waals surface area contributed by atoms with Gasteiger partial charge >= 0.3 is 0 Å². The Balaban J connectivity index is 1.15. The molecule has 3 heterocycles. The number of benzene rings is 9. The number of hydrogen-bond donors (Lipinski definition) is 0. The number of rotatable bonds is 3. The second-order valence-electron chi connectivity index (χ2n) is 15.7. The second-order valence-corrected chi connectivity index (χ2v) is 16.8. The van der Waals surface area contributed by atoms with Gasteiger partial charge in [-0.15, -0.1) is 11.3 Å². The van der Waals surface area contributed by atoms with Crippen molar-refractivity contribution in [1.82, 2.24) is 4.98 Å². The maximum atomic E-state index is 5.42. The molecule has 2 aromatic heterocycles. The smallest absolute Gasteiger partial charge is 0.0788 e. The van der Waals surface area contributed by atoms with Gasteiger partial charge in [0.05, 0.1) is 33.7 Å². The zero-order chi connectivity index (χ0) is 38.7. The number of hydrogen-bond acceptors (Lipinski definition) is 3. The summed E-state index contributed by atoms with van der Waals surface area (Å²) in [7, 11) is 0. The Labute approximate surface area is 345 Å². The van der Waals surface area contributed by atoms with Crippen molar-refractivity contribution >= 4 is 70.2 Å². The van der Waals surface area contributed by atoms with Crippen molar-refractivity contribution in [3.8, 4) is 33.5 Å². The first-order chi connectivity index (χ1) is 29.3. The molecule has 1 aliphatic carbocycles. The summed E-state index contributed by atoms with van der Waals surface area (Å²) in [4.78, 5) is 7.96. The molecule has 0 fully saturated rings. The highest BCUT2D eigenvalue weighted by Gasteiger charge is 2.51. The van der Waals surface area contributed by atoms with Crippen molar-refractivity contribution < 1.29 is 0 Å². The molecular weight excluding hydrogens is 733 g/mol. The Morgan fingerprint density at radius 3 is 1.61 bits per heavy atom. The fourth-order valence-corrected chi connectivity index (χ4v) is 11.8. The van der Waals surface area contributed by atoms with Crippen molar-refractivity contribution in [3.05, 3.63) is 229 Å². The van der Waals surface area contributed by atoms with Crippen LogP contribution in [-0.4, -0.2) is 4.98 Å². The van der Waals surface area contributed by atoms with Crippen molar-refractivity contribution in [1.29, 1.82) is 0 Å². The maximum absolute atomic E-state index is 5.42. The fraction of sp³-hybridized carbons (Fsp3) is 0.0179. The van der Waals surface area contributed by atoms with E-state index < -0.39 is 5.41 Å². The molecule has 0 bridgehead atoms. The standard InChI is InChI=1S/C56H34N2S/c1-2-18-35(19-3-1)54-42-34-41(55-53(40-24-8-17-33-51(40)59-55)52(42)39-23-6-13-29-47(39)57-54)38-22-7-14-30-48(38)58-49-31-15-11-27-45(49)56(46-28-12-16-32-50(46)58)43-25-9-4-20-36(43)37-21-5-10-26-44(37)56/h1-34H. The molecule has 0 N–H and O–H groups in total. The van der Waals surface area contributed by atoms with Crippen LogP contribution in [0, 0.1) is 0 Å². The maximum Gasteiger partial charge on any atom is 0.0788 e. The highest BCUT2D eigenvalue weighted by Crippen LogP contribution is 2.64. The van der Waals surface area contributed by atoms with E-state index in [1.54, 1.807) is 0 Å². The van der Waals surface area contributed by atoms with Gasteiger partial charge in [-0.25, -0.2) is 4.98 Å². The molecular formula is C56H34N2S. The van der Waals surface area contributed by atoms with Crippen LogP contribution in [0.4, 0.5) is 17.1 Å². The lowest BCUT2D eigenvalue weighted by Crippen LogP contribution is -2.36. The largest absolute Gasteiger partial charge is 0.309 e. The third-order valence-corrected chi connectivity index (χ3v) is 14.0. The van der Waals surface area contributed by atoms with Crippen LogP contribution >= 0.6 is 11.3 Å². The number of para-hydroxylation sites is 4. The van der Waals surface area contributed by atoms with E-state index in [4.69, 9.17) is 4.98 Å². The lowest BCUT2D eigenvalue weighted by atomic mass is 9.64. The van der Waals surface area contributed by atoms with E-state index in [0.717, 1.165) is 27.8 Å². The lowest BCUT2D eigenvalue weighted by Gasteiger charge is -2.45. The van der Waals surface area contributed by atoms with Gasteiger partial charge < -0.3 is 4.90 Å². The summed E-state index contributed by atoms with van der Waals surface area (Å²) < 4.78 is 2.57. The molecule has 0 saturated heterocycles. The predicted octanol–water partition coefficient (Wildman–Crippen LogP) is 15.2. The Bertz CT molecular complexity index is 3430. The molecule has 0 saturated carbocycles. The van der Waals surface area contributed by atoms with Gasteiger partial charge in [-0.2, -0.15) is 0 Å². The van der Waals surface area contributed by atoms with Gasteiger partial charge in [0.25, 0.3) is 0 Å². The average molecular weight is 767 g/mol. The van der Waals surface area contributed by atoms with E-state index in [9.17, 15) is 0 Å². The van der Waals surface area contributed by atoms with E-state index in [1.807, 2.05) is 11.3 Å². The number of nitrogens with zero attached hydrogens (tertiary/aromatic N) is 2. The van der Waals surface area contributed by atoms with Crippen LogP contribution in [0.2, 0.25) is 0 Å². The van der Waals surface area contributed by atoms with Gasteiger partial charge in [-0.05, 0) is 69.8 Å². The van der Waals surface area contributed by atoms with Crippen LogP contribution in [0.3, 0.4) is 0 Å². The molecule has 11 aromatic rings. The molecule has 0 unspecified atom stereocenters. The van der Waals surface area contributed by atoms with Crippen LogP contribution in [0.1, 0.15) is 22.3 Å². The molecule has 274 valence electrons. The Kier molecular flexibility index (Phi) is 6.84. The zero-order valence-corrected chi connectivity index (χ0v) is 32.7. The summed E-state index contributed by atoms with van der Waals surface area (Å²) >= 11 is 1.90. The van der Waals surface area contributed by atoms with E-state index in [0.29, 0.717) is 0 Å². The lowest BCUT2D eigenvalue weighted by molar-refractivity contribution is 0.753. The van der Waals surface area contributed by atoms with Gasteiger partial charge in [0, 0.05) is 53.0 Å². The molecule has 0 radical (unpaired) electrons. The van der Waals surface area contributed by atoms with Gasteiger partial charge in [0.2, 0.25) is 0 Å². The summed E-state index contributed by atoms with van der Waals surface area (Å²) in [6.07, 6.45) is 0. The monoisotopic (exact) mass is 766 g/mol. The molecule has 59 heavy (non-hydrogen) atoms. The third-order valence-electron chi connectivity index (χ3n) is 12.8. The number of aromatic nitrogens is 1. The molecule has 2 aliphatic rings. The van der Waals surface area contributed by atoms with Crippen LogP contribution < -0.4 is 4.90 Å². The average Bonchev–Trinajstić information content (AvgIpc) is 3.84. The molecule has 1 spiro atoms. The summed E-state index contributed by atoms with van der Waals surface area (Å²) in [6.45, 7) is 0. The Hall–Kier alpha value is -7.33. The van der Waals surface area contributed by atoms with Gasteiger partial charge in [0.15, 0.2) is 0 Å². The van der Waals surface area contributed by atoms with E-state index in [2.05, 4.69) is 211 Å². The Morgan fingerprint density at radius 1 is 0.390 bits per heavy atom. The zero-order valence-electron chi connectivity index (χ0n) is 31.9. The van der Waals surface area contributed by atoms with Gasteiger partial charge in [0.1, 0.15) is 0 Å². The number of pyridine rings is 1. The minimum Gasteiger partial charge on any atom is -0.309 e. The van der Waals surface area contributed by atoms with Crippen LogP contribution in [-0.2, 0) is 5.41 Å². The highest BCUT2D eigenvalue weighted by atomic mass is 32.1. The molecule has 1 aliphatic heterocycles. The normalized spacial score (nSPS) is 13.5. The van der Waals surface area contributed by atoms with Crippen LogP contribution in [0.15, 0.2) is 206 Å². The van der Waals surface area contributed by atoms with E-state index in [1.165, 1.54) is 86.8 Å². The highest BCUT2D eigenvalue weighted by molar-refractivity contribution is 7.26. The van der Waals surface area contributed by atoms with Gasteiger partial charge in [-0.1, -0.05) is 170 Å².